The Bertz CT molecular complexity index is 1040. The SMILES string of the molecule is Cc1cc2c(cc1-c1cc(CC3CCCCC3)cc[n+]1C)nc1n2C=CC1. The van der Waals surface area contributed by atoms with Crippen LogP contribution in [0, 0.1) is 12.8 Å². The van der Waals surface area contributed by atoms with Gasteiger partial charge in [0.1, 0.15) is 12.9 Å². The first kappa shape index (κ1) is 16.7. The zero-order valence-electron chi connectivity index (χ0n) is 16.4. The zero-order chi connectivity index (χ0) is 18.4. The molecule has 0 atom stereocenters. The van der Waals surface area contributed by atoms with Crippen LogP contribution in [0.2, 0.25) is 0 Å². The maximum atomic E-state index is 4.86. The van der Waals surface area contributed by atoms with Crippen LogP contribution in [-0.4, -0.2) is 9.55 Å². The summed E-state index contributed by atoms with van der Waals surface area (Å²) in [6, 6.07) is 9.29. The Morgan fingerprint density at radius 2 is 2.00 bits per heavy atom. The Kier molecular flexibility index (Phi) is 4.11. The largest absolute Gasteiger partial charge is 0.303 e. The second kappa shape index (κ2) is 6.63. The molecule has 0 saturated heterocycles. The van der Waals surface area contributed by atoms with Crippen molar-refractivity contribution in [2.45, 2.75) is 51.9 Å². The molecule has 1 aromatic carbocycles. The number of aryl methyl sites for hydroxylation is 2. The molecule has 5 rings (SSSR count). The number of allylic oxidation sites excluding steroid dienone is 1. The van der Waals surface area contributed by atoms with Crippen molar-refractivity contribution >= 4 is 17.2 Å². The lowest BCUT2D eigenvalue weighted by Crippen LogP contribution is -2.31. The van der Waals surface area contributed by atoms with E-state index in [0.717, 1.165) is 23.7 Å². The Hall–Kier alpha value is -2.42. The van der Waals surface area contributed by atoms with Crippen LogP contribution < -0.4 is 4.57 Å². The number of rotatable bonds is 3. The summed E-state index contributed by atoms with van der Waals surface area (Å²) in [4.78, 5) is 4.86. The smallest absolute Gasteiger partial charge is 0.212 e. The van der Waals surface area contributed by atoms with Crippen molar-refractivity contribution in [1.29, 1.82) is 0 Å². The van der Waals surface area contributed by atoms with Crippen molar-refractivity contribution in [2.24, 2.45) is 13.0 Å². The summed E-state index contributed by atoms with van der Waals surface area (Å²) < 4.78 is 4.48. The minimum Gasteiger partial charge on any atom is -0.303 e. The van der Waals surface area contributed by atoms with E-state index in [-0.39, 0.29) is 0 Å². The van der Waals surface area contributed by atoms with E-state index in [1.54, 1.807) is 0 Å². The normalized spacial score (nSPS) is 17.0. The first-order valence-electron chi connectivity index (χ1n) is 10.4. The molecule has 1 fully saturated rings. The van der Waals surface area contributed by atoms with Crippen LogP contribution in [0.4, 0.5) is 0 Å². The van der Waals surface area contributed by atoms with E-state index in [9.17, 15) is 0 Å². The van der Waals surface area contributed by atoms with Gasteiger partial charge in [-0.1, -0.05) is 38.2 Å². The van der Waals surface area contributed by atoms with Gasteiger partial charge in [-0.25, -0.2) is 9.55 Å². The Labute approximate surface area is 161 Å². The number of imidazole rings is 1. The molecule has 1 saturated carbocycles. The lowest BCUT2D eigenvalue weighted by Gasteiger charge is -2.21. The molecule has 3 heterocycles. The van der Waals surface area contributed by atoms with Crippen LogP contribution in [0.3, 0.4) is 0 Å². The molecule has 138 valence electrons. The van der Waals surface area contributed by atoms with Gasteiger partial charge in [0.15, 0.2) is 6.20 Å². The summed E-state index contributed by atoms with van der Waals surface area (Å²) in [5.74, 6) is 2.02. The second-order valence-electron chi connectivity index (χ2n) is 8.38. The second-order valence-corrected chi connectivity index (χ2v) is 8.38. The van der Waals surface area contributed by atoms with Gasteiger partial charge in [-0.2, -0.15) is 0 Å². The van der Waals surface area contributed by atoms with E-state index in [0.29, 0.717) is 0 Å². The maximum Gasteiger partial charge on any atom is 0.212 e. The number of hydrogen-bond acceptors (Lipinski definition) is 1. The average Bonchev–Trinajstić information content (AvgIpc) is 3.25. The lowest BCUT2D eigenvalue weighted by atomic mass is 9.85. The number of hydrogen-bond donors (Lipinski definition) is 0. The Balaban J connectivity index is 1.54. The van der Waals surface area contributed by atoms with E-state index in [4.69, 9.17) is 4.98 Å². The molecule has 0 spiro atoms. The maximum absolute atomic E-state index is 4.86. The third-order valence-electron chi connectivity index (χ3n) is 6.40. The minimum atomic E-state index is 0.866. The highest BCUT2D eigenvalue weighted by Gasteiger charge is 2.20. The van der Waals surface area contributed by atoms with Crippen molar-refractivity contribution in [1.82, 2.24) is 9.55 Å². The van der Waals surface area contributed by atoms with Crippen LogP contribution >= 0.6 is 0 Å². The monoisotopic (exact) mass is 358 g/mol. The van der Waals surface area contributed by atoms with Crippen molar-refractivity contribution in [3.8, 4) is 11.3 Å². The average molecular weight is 359 g/mol. The number of nitrogens with zero attached hydrogens (tertiary/aromatic N) is 3. The molecule has 0 N–H and O–H groups in total. The zero-order valence-corrected chi connectivity index (χ0v) is 16.4. The number of aromatic nitrogens is 3. The molecule has 0 amide bonds. The molecule has 3 heteroatoms. The predicted octanol–water partition coefficient (Wildman–Crippen LogP) is 4.99. The number of pyridine rings is 1. The van der Waals surface area contributed by atoms with E-state index in [1.165, 1.54) is 66.4 Å². The Morgan fingerprint density at radius 3 is 2.85 bits per heavy atom. The summed E-state index contributed by atoms with van der Waals surface area (Å²) in [5.41, 5.74) is 7.72. The van der Waals surface area contributed by atoms with Gasteiger partial charge in [0.2, 0.25) is 5.69 Å². The third-order valence-corrected chi connectivity index (χ3v) is 6.40. The van der Waals surface area contributed by atoms with Crippen LogP contribution in [-0.2, 0) is 19.9 Å². The van der Waals surface area contributed by atoms with Crippen molar-refractivity contribution < 1.29 is 4.57 Å². The quantitative estimate of drug-likeness (QED) is 0.605. The van der Waals surface area contributed by atoms with Gasteiger partial charge >= 0.3 is 0 Å². The lowest BCUT2D eigenvalue weighted by molar-refractivity contribution is -0.660. The summed E-state index contributed by atoms with van der Waals surface area (Å²) in [7, 11) is 2.15. The molecular weight excluding hydrogens is 330 g/mol. The third kappa shape index (κ3) is 2.99. The first-order valence-corrected chi connectivity index (χ1v) is 10.4. The Morgan fingerprint density at radius 1 is 1.15 bits per heavy atom. The minimum absolute atomic E-state index is 0.866. The van der Waals surface area contributed by atoms with Gasteiger partial charge in [-0.15, -0.1) is 0 Å². The van der Waals surface area contributed by atoms with Crippen LogP contribution in [0.15, 0.2) is 36.5 Å². The van der Waals surface area contributed by atoms with Crippen LogP contribution in [0.5, 0.6) is 0 Å². The van der Waals surface area contributed by atoms with Gasteiger partial charge < -0.3 is 4.57 Å². The summed E-state index contributed by atoms with van der Waals surface area (Å²) in [5, 5.41) is 0. The van der Waals surface area contributed by atoms with Crippen molar-refractivity contribution in [3.63, 3.8) is 0 Å². The molecule has 0 bridgehead atoms. The van der Waals surface area contributed by atoms with Gasteiger partial charge in [0, 0.05) is 24.8 Å². The van der Waals surface area contributed by atoms with Crippen molar-refractivity contribution in [3.05, 3.63) is 53.5 Å². The summed E-state index contributed by atoms with van der Waals surface area (Å²) in [6.45, 7) is 2.22. The molecule has 0 unspecified atom stereocenters. The highest BCUT2D eigenvalue weighted by atomic mass is 15.1. The van der Waals surface area contributed by atoms with Gasteiger partial charge in [0.25, 0.3) is 0 Å². The fraction of sp³-hybridized carbons (Fsp3) is 0.417. The van der Waals surface area contributed by atoms with Gasteiger partial charge in [-0.05, 0) is 42.5 Å². The van der Waals surface area contributed by atoms with E-state index in [1.807, 2.05) is 0 Å². The first-order chi connectivity index (χ1) is 13.2. The summed E-state index contributed by atoms with van der Waals surface area (Å²) in [6.07, 6.45) is 15.8. The fourth-order valence-electron chi connectivity index (χ4n) is 4.88. The van der Waals surface area contributed by atoms with Crippen LogP contribution in [0.1, 0.15) is 49.1 Å². The molecule has 27 heavy (non-hydrogen) atoms. The molecule has 3 nitrogen and oxygen atoms in total. The summed E-state index contributed by atoms with van der Waals surface area (Å²) >= 11 is 0. The van der Waals surface area contributed by atoms with Crippen molar-refractivity contribution in [2.75, 3.05) is 0 Å². The number of fused-ring (bicyclic) bond motifs is 3. The van der Waals surface area contributed by atoms with E-state index >= 15 is 0 Å². The fourth-order valence-corrected chi connectivity index (χ4v) is 4.88. The number of benzene rings is 1. The molecule has 0 radical (unpaired) electrons. The molecule has 1 aliphatic carbocycles. The van der Waals surface area contributed by atoms with E-state index < -0.39 is 0 Å². The predicted molar refractivity (Wildman–Crippen MR) is 110 cm³/mol. The molecule has 2 aromatic heterocycles. The highest BCUT2D eigenvalue weighted by Crippen LogP contribution is 2.31. The van der Waals surface area contributed by atoms with Gasteiger partial charge in [0.05, 0.1) is 16.6 Å². The highest BCUT2D eigenvalue weighted by molar-refractivity contribution is 5.85. The molecule has 2 aliphatic rings. The van der Waals surface area contributed by atoms with Gasteiger partial charge in [-0.3, -0.25) is 0 Å². The standard InChI is InChI=1S/C24H28N3/c1-17-13-23-21(25-24-9-6-11-27(23)24)16-20(17)22-15-19(10-12-26(22)2)14-18-7-4-3-5-8-18/h6,10-13,15-16,18H,3-5,7-9,14H2,1-2H3/q+1. The van der Waals surface area contributed by atoms with E-state index in [2.05, 4.69) is 65.8 Å². The topological polar surface area (TPSA) is 21.7 Å². The van der Waals surface area contributed by atoms with Crippen LogP contribution in [0.25, 0.3) is 28.5 Å². The molecule has 1 aliphatic heterocycles. The molecule has 3 aromatic rings. The molecular formula is C24H28N3+.